The van der Waals surface area contributed by atoms with Gasteiger partial charge in [0, 0.05) is 24.7 Å². The predicted molar refractivity (Wildman–Crippen MR) is 73.9 cm³/mol. The summed E-state index contributed by atoms with van der Waals surface area (Å²) in [4.78, 5) is 13.7. The van der Waals surface area contributed by atoms with Crippen molar-refractivity contribution in [3.05, 3.63) is 41.6 Å². The summed E-state index contributed by atoms with van der Waals surface area (Å²) in [6, 6.07) is 9.73. The van der Waals surface area contributed by atoms with E-state index >= 15 is 0 Å². The number of amides is 1. The standard InChI is InChI=1S/C15H18N2O2/c1-10(2)17(4)15(18)13-9-14(19-16-13)12-7-5-6-11(3)8-12/h5-10H,1-4H3. The molecule has 0 saturated carbocycles. The third-order valence-corrected chi connectivity index (χ3v) is 3.13. The summed E-state index contributed by atoms with van der Waals surface area (Å²) in [5, 5.41) is 3.86. The first-order chi connectivity index (χ1) is 8.99. The fourth-order valence-electron chi connectivity index (χ4n) is 1.73. The highest BCUT2D eigenvalue weighted by molar-refractivity contribution is 5.93. The van der Waals surface area contributed by atoms with Crippen molar-refractivity contribution in [1.82, 2.24) is 10.1 Å². The largest absolute Gasteiger partial charge is 0.355 e. The fourth-order valence-corrected chi connectivity index (χ4v) is 1.73. The third-order valence-electron chi connectivity index (χ3n) is 3.13. The van der Waals surface area contributed by atoms with Gasteiger partial charge in [0.05, 0.1) is 0 Å². The van der Waals surface area contributed by atoms with E-state index in [1.165, 1.54) is 0 Å². The number of aryl methyl sites for hydroxylation is 1. The molecule has 2 rings (SSSR count). The predicted octanol–water partition coefficient (Wildman–Crippen LogP) is 3.13. The minimum atomic E-state index is -0.127. The number of benzene rings is 1. The molecule has 1 heterocycles. The van der Waals surface area contributed by atoms with Crippen LogP contribution in [-0.2, 0) is 0 Å². The second-order valence-corrected chi connectivity index (χ2v) is 4.96. The lowest BCUT2D eigenvalue weighted by Crippen LogP contribution is -2.33. The molecular formula is C15H18N2O2. The number of aromatic nitrogens is 1. The highest BCUT2D eigenvalue weighted by Crippen LogP contribution is 2.21. The van der Waals surface area contributed by atoms with Gasteiger partial charge in [-0.25, -0.2) is 0 Å². The van der Waals surface area contributed by atoms with Crippen LogP contribution in [0.4, 0.5) is 0 Å². The molecule has 19 heavy (non-hydrogen) atoms. The van der Waals surface area contributed by atoms with E-state index in [0.717, 1.165) is 11.1 Å². The monoisotopic (exact) mass is 258 g/mol. The third kappa shape index (κ3) is 2.84. The molecule has 0 spiro atoms. The van der Waals surface area contributed by atoms with Gasteiger partial charge in [0.15, 0.2) is 11.5 Å². The van der Waals surface area contributed by atoms with Crippen LogP contribution < -0.4 is 0 Å². The molecule has 1 aromatic heterocycles. The molecule has 0 radical (unpaired) electrons. The van der Waals surface area contributed by atoms with Crippen LogP contribution in [0.1, 0.15) is 29.9 Å². The second-order valence-electron chi connectivity index (χ2n) is 4.96. The molecule has 4 heteroatoms. The summed E-state index contributed by atoms with van der Waals surface area (Å²) in [6.07, 6.45) is 0. The van der Waals surface area contributed by atoms with Crippen LogP contribution in [-0.4, -0.2) is 29.1 Å². The first-order valence-electron chi connectivity index (χ1n) is 6.30. The van der Waals surface area contributed by atoms with Gasteiger partial charge in [-0.1, -0.05) is 28.9 Å². The van der Waals surface area contributed by atoms with Crippen molar-refractivity contribution in [3.63, 3.8) is 0 Å². The maximum atomic E-state index is 12.1. The summed E-state index contributed by atoms with van der Waals surface area (Å²) >= 11 is 0. The highest BCUT2D eigenvalue weighted by atomic mass is 16.5. The zero-order valence-electron chi connectivity index (χ0n) is 11.7. The van der Waals surface area contributed by atoms with Crippen LogP contribution in [0, 0.1) is 6.92 Å². The normalized spacial score (nSPS) is 10.8. The van der Waals surface area contributed by atoms with Gasteiger partial charge in [0.2, 0.25) is 0 Å². The van der Waals surface area contributed by atoms with E-state index in [9.17, 15) is 4.79 Å². The molecule has 0 aliphatic carbocycles. The number of nitrogens with zero attached hydrogens (tertiary/aromatic N) is 2. The Bertz CT molecular complexity index is 587. The molecule has 100 valence electrons. The number of hydrogen-bond donors (Lipinski definition) is 0. The average Bonchev–Trinajstić information content (AvgIpc) is 2.86. The Labute approximate surface area is 113 Å². The Morgan fingerprint density at radius 1 is 1.32 bits per heavy atom. The van der Waals surface area contributed by atoms with Crippen LogP contribution >= 0.6 is 0 Å². The van der Waals surface area contributed by atoms with Gasteiger partial charge in [0.25, 0.3) is 5.91 Å². The lowest BCUT2D eigenvalue weighted by molar-refractivity contribution is 0.0744. The van der Waals surface area contributed by atoms with Crippen molar-refractivity contribution in [1.29, 1.82) is 0 Å². The van der Waals surface area contributed by atoms with Crippen LogP contribution in [0.2, 0.25) is 0 Å². The molecule has 0 saturated heterocycles. The van der Waals surface area contributed by atoms with Gasteiger partial charge in [-0.05, 0) is 26.8 Å². The van der Waals surface area contributed by atoms with Crippen LogP contribution in [0.25, 0.3) is 11.3 Å². The number of carbonyl (C=O) groups excluding carboxylic acids is 1. The Morgan fingerprint density at radius 3 is 2.68 bits per heavy atom. The zero-order valence-corrected chi connectivity index (χ0v) is 11.7. The molecule has 0 bridgehead atoms. The molecule has 1 amide bonds. The number of hydrogen-bond acceptors (Lipinski definition) is 3. The Hall–Kier alpha value is -2.10. The summed E-state index contributed by atoms with van der Waals surface area (Å²) in [5.41, 5.74) is 2.41. The summed E-state index contributed by atoms with van der Waals surface area (Å²) in [7, 11) is 1.76. The van der Waals surface area contributed by atoms with E-state index in [1.54, 1.807) is 18.0 Å². The minimum Gasteiger partial charge on any atom is -0.355 e. The van der Waals surface area contributed by atoms with Crippen molar-refractivity contribution >= 4 is 5.91 Å². The molecule has 0 unspecified atom stereocenters. The van der Waals surface area contributed by atoms with Gasteiger partial charge in [-0.2, -0.15) is 0 Å². The van der Waals surface area contributed by atoms with Gasteiger partial charge in [-0.3, -0.25) is 4.79 Å². The summed E-state index contributed by atoms with van der Waals surface area (Å²) in [6.45, 7) is 5.93. The van der Waals surface area contributed by atoms with Gasteiger partial charge >= 0.3 is 0 Å². The first-order valence-corrected chi connectivity index (χ1v) is 6.30. The topological polar surface area (TPSA) is 46.3 Å². The van der Waals surface area contributed by atoms with Crippen molar-refractivity contribution < 1.29 is 9.32 Å². The second kappa shape index (κ2) is 5.26. The quantitative estimate of drug-likeness (QED) is 0.849. The SMILES string of the molecule is Cc1cccc(-c2cc(C(=O)N(C)C(C)C)no2)c1. The molecular weight excluding hydrogens is 240 g/mol. The highest BCUT2D eigenvalue weighted by Gasteiger charge is 2.19. The van der Waals surface area contributed by atoms with E-state index in [1.807, 2.05) is 45.0 Å². The molecule has 0 fully saturated rings. The van der Waals surface area contributed by atoms with Gasteiger partial charge < -0.3 is 9.42 Å². The maximum Gasteiger partial charge on any atom is 0.276 e. The summed E-state index contributed by atoms with van der Waals surface area (Å²) < 4.78 is 5.26. The van der Waals surface area contributed by atoms with E-state index < -0.39 is 0 Å². The lowest BCUT2D eigenvalue weighted by Gasteiger charge is -2.19. The van der Waals surface area contributed by atoms with Crippen molar-refractivity contribution in [2.75, 3.05) is 7.05 Å². The molecule has 0 N–H and O–H groups in total. The Kier molecular flexibility index (Phi) is 3.69. The molecule has 4 nitrogen and oxygen atoms in total. The van der Waals surface area contributed by atoms with E-state index in [0.29, 0.717) is 11.5 Å². The van der Waals surface area contributed by atoms with Gasteiger partial charge in [-0.15, -0.1) is 0 Å². The van der Waals surface area contributed by atoms with E-state index in [4.69, 9.17) is 4.52 Å². The Morgan fingerprint density at radius 2 is 2.05 bits per heavy atom. The molecule has 0 aliphatic heterocycles. The lowest BCUT2D eigenvalue weighted by atomic mass is 10.1. The smallest absolute Gasteiger partial charge is 0.276 e. The molecule has 1 aromatic carbocycles. The maximum absolute atomic E-state index is 12.1. The van der Waals surface area contributed by atoms with Gasteiger partial charge in [0.1, 0.15) is 0 Å². The fraction of sp³-hybridized carbons (Fsp3) is 0.333. The Balaban J connectivity index is 2.27. The van der Waals surface area contributed by atoms with Crippen molar-refractivity contribution in [2.45, 2.75) is 26.8 Å². The number of carbonyl (C=O) groups is 1. The minimum absolute atomic E-state index is 0.127. The molecule has 0 atom stereocenters. The summed E-state index contributed by atoms with van der Waals surface area (Å²) in [5.74, 6) is 0.488. The zero-order chi connectivity index (χ0) is 14.0. The van der Waals surface area contributed by atoms with E-state index in [-0.39, 0.29) is 11.9 Å². The average molecular weight is 258 g/mol. The van der Waals surface area contributed by atoms with Crippen molar-refractivity contribution in [3.8, 4) is 11.3 Å². The van der Waals surface area contributed by atoms with Crippen molar-refractivity contribution in [2.24, 2.45) is 0 Å². The first kappa shape index (κ1) is 13.3. The van der Waals surface area contributed by atoms with Crippen LogP contribution in [0.3, 0.4) is 0 Å². The van der Waals surface area contributed by atoms with Crippen LogP contribution in [0.15, 0.2) is 34.9 Å². The van der Waals surface area contributed by atoms with E-state index in [2.05, 4.69) is 5.16 Å². The molecule has 2 aromatic rings. The number of rotatable bonds is 3. The van der Waals surface area contributed by atoms with Crippen LogP contribution in [0.5, 0.6) is 0 Å². The molecule has 0 aliphatic rings.